The van der Waals surface area contributed by atoms with E-state index >= 15 is 0 Å². The molecule has 7 nitrogen and oxygen atoms in total. The van der Waals surface area contributed by atoms with Crippen LogP contribution < -0.4 is 16.0 Å². The van der Waals surface area contributed by atoms with Gasteiger partial charge >= 0.3 is 6.01 Å². The summed E-state index contributed by atoms with van der Waals surface area (Å²) in [6, 6.07) is 1.59. The quantitative estimate of drug-likeness (QED) is 0.779. The van der Waals surface area contributed by atoms with Crippen molar-refractivity contribution >= 4 is 5.82 Å². The molecule has 1 aliphatic heterocycles. The van der Waals surface area contributed by atoms with Crippen LogP contribution in [0.1, 0.15) is 6.42 Å². The fourth-order valence-corrected chi connectivity index (χ4v) is 2.14. The minimum Gasteiger partial charge on any atom is -0.468 e. The number of methoxy groups -OCH3 is 1. The van der Waals surface area contributed by atoms with Crippen LogP contribution in [0.3, 0.4) is 0 Å². The smallest absolute Gasteiger partial charge is 0.300 e. The average molecular weight is 268 g/mol. The molecule has 0 spiro atoms. The molecule has 2 N–H and O–H groups in total. The second kappa shape index (κ2) is 6.53. The van der Waals surface area contributed by atoms with E-state index < -0.39 is 0 Å². The highest BCUT2D eigenvalue weighted by Crippen LogP contribution is 2.07. The van der Waals surface area contributed by atoms with Crippen molar-refractivity contribution in [3.05, 3.63) is 16.4 Å². The second-order valence-electron chi connectivity index (χ2n) is 4.47. The standard InChI is InChI=1S/C12H20N4O3/c1-18-12-14-10(13)9-11(17)16(12)4-2-3-15-5-7-19-8-6-15/h9H,2-8,13H2,1H3. The van der Waals surface area contributed by atoms with Crippen molar-refractivity contribution in [3.8, 4) is 6.01 Å². The number of ether oxygens (including phenoxy) is 2. The van der Waals surface area contributed by atoms with Gasteiger partial charge in [0, 0.05) is 32.2 Å². The summed E-state index contributed by atoms with van der Waals surface area (Å²) >= 11 is 0. The van der Waals surface area contributed by atoms with E-state index in [4.69, 9.17) is 15.2 Å². The van der Waals surface area contributed by atoms with Gasteiger partial charge in [-0.1, -0.05) is 0 Å². The highest BCUT2D eigenvalue weighted by atomic mass is 16.5. The number of nitrogen functional groups attached to an aromatic ring is 1. The van der Waals surface area contributed by atoms with Crippen LogP contribution in [0.5, 0.6) is 6.01 Å². The molecule has 0 aliphatic carbocycles. The van der Waals surface area contributed by atoms with Crippen molar-refractivity contribution in [2.24, 2.45) is 0 Å². The molecule has 0 radical (unpaired) electrons. The first kappa shape index (κ1) is 13.8. The molecule has 1 saturated heterocycles. The molecule has 0 saturated carbocycles. The fourth-order valence-electron chi connectivity index (χ4n) is 2.14. The summed E-state index contributed by atoms with van der Waals surface area (Å²) in [5.41, 5.74) is 5.35. The summed E-state index contributed by atoms with van der Waals surface area (Å²) in [7, 11) is 1.49. The van der Waals surface area contributed by atoms with Crippen molar-refractivity contribution in [1.29, 1.82) is 0 Å². The number of aromatic nitrogens is 2. The Morgan fingerprint density at radius 2 is 2.16 bits per heavy atom. The van der Waals surface area contributed by atoms with E-state index in [1.165, 1.54) is 17.7 Å². The Balaban J connectivity index is 1.93. The first-order valence-corrected chi connectivity index (χ1v) is 6.42. The Hall–Kier alpha value is -1.60. The fraction of sp³-hybridized carbons (Fsp3) is 0.667. The van der Waals surface area contributed by atoms with E-state index in [0.717, 1.165) is 39.3 Å². The molecule has 2 rings (SSSR count). The van der Waals surface area contributed by atoms with Gasteiger partial charge in [0.25, 0.3) is 5.56 Å². The van der Waals surface area contributed by atoms with Gasteiger partial charge in [-0.3, -0.25) is 14.3 Å². The van der Waals surface area contributed by atoms with Crippen molar-refractivity contribution in [2.75, 3.05) is 45.7 Å². The van der Waals surface area contributed by atoms with Gasteiger partial charge in [-0.05, 0) is 6.42 Å². The molecule has 1 fully saturated rings. The highest BCUT2D eigenvalue weighted by molar-refractivity contribution is 5.27. The van der Waals surface area contributed by atoms with Crippen LogP contribution in [0.15, 0.2) is 10.9 Å². The van der Waals surface area contributed by atoms with Crippen LogP contribution in [0.2, 0.25) is 0 Å². The number of hydrogen-bond donors (Lipinski definition) is 1. The molecule has 0 amide bonds. The lowest BCUT2D eigenvalue weighted by Gasteiger charge is -2.26. The first-order chi connectivity index (χ1) is 9.20. The molecular weight excluding hydrogens is 248 g/mol. The van der Waals surface area contributed by atoms with Crippen LogP contribution in [-0.2, 0) is 11.3 Å². The van der Waals surface area contributed by atoms with E-state index in [9.17, 15) is 4.79 Å². The zero-order chi connectivity index (χ0) is 13.7. The van der Waals surface area contributed by atoms with Gasteiger partial charge < -0.3 is 15.2 Å². The number of hydrogen-bond acceptors (Lipinski definition) is 6. The van der Waals surface area contributed by atoms with Gasteiger partial charge in [-0.2, -0.15) is 4.98 Å². The average Bonchev–Trinajstić information content (AvgIpc) is 2.42. The Bertz CT molecular complexity index is 469. The van der Waals surface area contributed by atoms with Crippen LogP contribution in [0.25, 0.3) is 0 Å². The maximum Gasteiger partial charge on any atom is 0.300 e. The number of nitrogens with two attached hydrogens (primary N) is 1. The zero-order valence-electron chi connectivity index (χ0n) is 11.2. The second-order valence-corrected chi connectivity index (χ2v) is 4.47. The van der Waals surface area contributed by atoms with Gasteiger partial charge in [0.05, 0.1) is 20.3 Å². The lowest BCUT2D eigenvalue weighted by molar-refractivity contribution is 0.0368. The molecular formula is C12H20N4O3. The SMILES string of the molecule is COc1nc(N)cc(=O)n1CCCN1CCOCC1. The lowest BCUT2D eigenvalue weighted by atomic mass is 10.3. The largest absolute Gasteiger partial charge is 0.468 e. The molecule has 1 aromatic rings. The predicted molar refractivity (Wildman–Crippen MR) is 71.3 cm³/mol. The monoisotopic (exact) mass is 268 g/mol. The van der Waals surface area contributed by atoms with Gasteiger partial charge in [-0.25, -0.2) is 0 Å². The van der Waals surface area contributed by atoms with E-state index in [1.54, 1.807) is 0 Å². The summed E-state index contributed by atoms with van der Waals surface area (Å²) < 4.78 is 11.9. The molecule has 0 bridgehead atoms. The van der Waals surface area contributed by atoms with E-state index in [2.05, 4.69) is 9.88 Å². The summed E-state index contributed by atoms with van der Waals surface area (Å²) in [5, 5.41) is 0. The predicted octanol–water partition coefficient (Wildman–Crippen LogP) is -0.444. The minimum absolute atomic E-state index is 0.175. The van der Waals surface area contributed by atoms with Crippen molar-refractivity contribution < 1.29 is 9.47 Å². The number of morpholine rings is 1. The first-order valence-electron chi connectivity index (χ1n) is 6.42. The molecule has 2 heterocycles. The Morgan fingerprint density at radius 3 is 2.84 bits per heavy atom. The third-order valence-electron chi connectivity index (χ3n) is 3.14. The van der Waals surface area contributed by atoms with Gasteiger partial charge in [-0.15, -0.1) is 0 Å². The van der Waals surface area contributed by atoms with Crippen LogP contribution in [0, 0.1) is 0 Å². The summed E-state index contributed by atoms with van der Waals surface area (Å²) in [4.78, 5) is 18.2. The third kappa shape index (κ3) is 3.68. The van der Waals surface area contributed by atoms with Crippen molar-refractivity contribution in [1.82, 2.24) is 14.5 Å². The Kier molecular flexibility index (Phi) is 4.75. The molecule has 19 heavy (non-hydrogen) atoms. The molecule has 106 valence electrons. The number of nitrogens with zero attached hydrogens (tertiary/aromatic N) is 3. The van der Waals surface area contributed by atoms with Gasteiger partial charge in [0.1, 0.15) is 5.82 Å². The van der Waals surface area contributed by atoms with E-state index in [-0.39, 0.29) is 17.4 Å². The Labute approximate surface area is 111 Å². The number of anilines is 1. The van der Waals surface area contributed by atoms with Crippen LogP contribution in [0.4, 0.5) is 5.82 Å². The topological polar surface area (TPSA) is 82.6 Å². The molecule has 0 aromatic carbocycles. The summed E-state index contributed by atoms with van der Waals surface area (Å²) in [5.74, 6) is 0.186. The highest BCUT2D eigenvalue weighted by Gasteiger charge is 2.11. The maximum absolute atomic E-state index is 11.8. The number of rotatable bonds is 5. The van der Waals surface area contributed by atoms with E-state index in [0.29, 0.717) is 6.54 Å². The molecule has 1 aromatic heterocycles. The third-order valence-corrected chi connectivity index (χ3v) is 3.14. The normalized spacial score (nSPS) is 16.5. The van der Waals surface area contributed by atoms with Crippen molar-refractivity contribution in [2.45, 2.75) is 13.0 Å². The molecule has 0 atom stereocenters. The molecule has 0 unspecified atom stereocenters. The Morgan fingerprint density at radius 1 is 1.42 bits per heavy atom. The summed E-state index contributed by atoms with van der Waals surface area (Å²) in [6.07, 6.45) is 0.863. The summed E-state index contributed by atoms with van der Waals surface area (Å²) in [6.45, 7) is 4.98. The lowest BCUT2D eigenvalue weighted by Crippen LogP contribution is -2.37. The van der Waals surface area contributed by atoms with Gasteiger partial charge in [0.15, 0.2) is 0 Å². The van der Waals surface area contributed by atoms with Crippen LogP contribution >= 0.6 is 0 Å². The maximum atomic E-state index is 11.8. The minimum atomic E-state index is -0.175. The van der Waals surface area contributed by atoms with E-state index in [1.807, 2.05) is 0 Å². The zero-order valence-corrected chi connectivity index (χ0v) is 11.2. The molecule has 1 aliphatic rings. The molecule has 7 heteroatoms. The van der Waals surface area contributed by atoms with Gasteiger partial charge in [0.2, 0.25) is 0 Å². The van der Waals surface area contributed by atoms with Crippen LogP contribution in [-0.4, -0.2) is 54.4 Å². The van der Waals surface area contributed by atoms with Crippen molar-refractivity contribution in [3.63, 3.8) is 0 Å².